The van der Waals surface area contributed by atoms with Gasteiger partial charge in [-0.15, -0.1) is 0 Å². The van der Waals surface area contributed by atoms with Gasteiger partial charge in [0.2, 0.25) is 5.91 Å². The molecule has 2 aliphatic rings. The molecule has 0 aromatic rings. The molecule has 2 fully saturated rings. The highest BCUT2D eigenvalue weighted by Gasteiger charge is 2.30. The van der Waals surface area contributed by atoms with Gasteiger partial charge in [0, 0.05) is 7.11 Å². The summed E-state index contributed by atoms with van der Waals surface area (Å²) in [5, 5.41) is 6.40. The van der Waals surface area contributed by atoms with Crippen molar-refractivity contribution in [1.82, 2.24) is 10.6 Å². The van der Waals surface area contributed by atoms with Crippen LogP contribution in [0.2, 0.25) is 0 Å². The molecule has 1 aliphatic heterocycles. The molecule has 0 aromatic carbocycles. The second-order valence-electron chi connectivity index (χ2n) is 4.82. The molecule has 2 rings (SSSR count). The summed E-state index contributed by atoms with van der Waals surface area (Å²) in [6.07, 6.45) is 6.80. The fourth-order valence-electron chi connectivity index (χ4n) is 2.73. The smallest absolute Gasteiger partial charge is 0.237 e. The largest absolute Gasteiger partial charge is 0.379 e. The molecule has 1 aliphatic carbocycles. The fraction of sp³-hybridized carbons (Fsp3) is 0.917. The standard InChI is InChI=1S/C12H22N2O2/c1-16-11-7-4-6-9(11)14-12(15)10-5-2-3-8-13-10/h9-11,13H,2-8H2,1H3,(H,14,15)/t9?,10-,11?/m0/s1. The van der Waals surface area contributed by atoms with Crippen molar-refractivity contribution in [2.75, 3.05) is 13.7 Å². The minimum atomic E-state index is 0.0202. The summed E-state index contributed by atoms with van der Waals surface area (Å²) < 4.78 is 5.38. The van der Waals surface area contributed by atoms with Crippen molar-refractivity contribution >= 4 is 5.91 Å². The van der Waals surface area contributed by atoms with E-state index in [1.807, 2.05) is 0 Å². The van der Waals surface area contributed by atoms with Crippen LogP contribution in [0.5, 0.6) is 0 Å². The Hall–Kier alpha value is -0.610. The third-order valence-electron chi connectivity index (χ3n) is 3.71. The predicted octanol–water partition coefficient (Wildman–Crippen LogP) is 0.812. The number of rotatable bonds is 3. The number of carbonyl (C=O) groups excluding carboxylic acids is 1. The van der Waals surface area contributed by atoms with Crippen LogP contribution in [0, 0.1) is 0 Å². The van der Waals surface area contributed by atoms with Crippen molar-refractivity contribution in [2.45, 2.75) is 56.7 Å². The molecular formula is C12H22N2O2. The molecule has 1 saturated heterocycles. The first-order chi connectivity index (χ1) is 7.81. The Balaban J connectivity index is 1.81. The molecule has 3 atom stereocenters. The Bertz CT molecular complexity index is 239. The van der Waals surface area contributed by atoms with E-state index in [9.17, 15) is 4.79 Å². The maximum atomic E-state index is 12.0. The number of hydrogen-bond donors (Lipinski definition) is 2. The van der Waals surface area contributed by atoms with Crippen LogP contribution < -0.4 is 10.6 Å². The number of amides is 1. The number of nitrogens with one attached hydrogen (secondary N) is 2. The molecular weight excluding hydrogens is 204 g/mol. The summed E-state index contributed by atoms with van der Waals surface area (Å²) in [7, 11) is 1.73. The predicted molar refractivity (Wildman–Crippen MR) is 62.2 cm³/mol. The van der Waals surface area contributed by atoms with Gasteiger partial charge in [-0.3, -0.25) is 4.79 Å². The summed E-state index contributed by atoms with van der Waals surface area (Å²) in [6.45, 7) is 0.969. The molecule has 2 N–H and O–H groups in total. The summed E-state index contributed by atoms with van der Waals surface area (Å²) in [5.74, 6) is 0.161. The monoisotopic (exact) mass is 226 g/mol. The topological polar surface area (TPSA) is 50.4 Å². The number of methoxy groups -OCH3 is 1. The molecule has 0 radical (unpaired) electrons. The molecule has 92 valence electrons. The first-order valence-corrected chi connectivity index (χ1v) is 6.38. The van der Waals surface area contributed by atoms with Gasteiger partial charge in [-0.05, 0) is 38.6 Å². The second kappa shape index (κ2) is 5.64. The van der Waals surface area contributed by atoms with Crippen molar-refractivity contribution in [3.05, 3.63) is 0 Å². The lowest BCUT2D eigenvalue weighted by atomic mass is 10.0. The Morgan fingerprint density at radius 1 is 1.25 bits per heavy atom. The van der Waals surface area contributed by atoms with Gasteiger partial charge in [-0.25, -0.2) is 0 Å². The zero-order valence-corrected chi connectivity index (χ0v) is 10.00. The van der Waals surface area contributed by atoms with E-state index in [1.165, 1.54) is 6.42 Å². The van der Waals surface area contributed by atoms with Crippen LogP contribution in [0.25, 0.3) is 0 Å². The van der Waals surface area contributed by atoms with Crippen LogP contribution in [-0.2, 0) is 9.53 Å². The van der Waals surface area contributed by atoms with E-state index in [0.717, 1.165) is 38.6 Å². The SMILES string of the molecule is COC1CCCC1NC(=O)[C@@H]1CCCCN1. The normalized spacial score (nSPS) is 34.9. The van der Waals surface area contributed by atoms with Crippen LogP contribution in [0.15, 0.2) is 0 Å². The van der Waals surface area contributed by atoms with Crippen molar-refractivity contribution in [2.24, 2.45) is 0 Å². The van der Waals surface area contributed by atoms with Crippen molar-refractivity contribution in [1.29, 1.82) is 0 Å². The van der Waals surface area contributed by atoms with E-state index in [-0.39, 0.29) is 24.1 Å². The van der Waals surface area contributed by atoms with Gasteiger partial charge in [-0.2, -0.15) is 0 Å². The summed E-state index contributed by atoms with van der Waals surface area (Å²) in [6, 6.07) is 0.244. The fourth-order valence-corrected chi connectivity index (χ4v) is 2.73. The Morgan fingerprint density at radius 3 is 2.81 bits per heavy atom. The molecule has 1 heterocycles. The van der Waals surface area contributed by atoms with Crippen LogP contribution in [0.4, 0.5) is 0 Å². The molecule has 16 heavy (non-hydrogen) atoms. The summed E-state index contributed by atoms with van der Waals surface area (Å²) in [5.41, 5.74) is 0. The zero-order valence-electron chi connectivity index (χ0n) is 10.00. The second-order valence-corrected chi connectivity index (χ2v) is 4.82. The molecule has 2 unspecified atom stereocenters. The van der Waals surface area contributed by atoms with Gasteiger partial charge < -0.3 is 15.4 Å². The van der Waals surface area contributed by atoms with E-state index in [2.05, 4.69) is 10.6 Å². The van der Waals surface area contributed by atoms with Crippen LogP contribution >= 0.6 is 0 Å². The lowest BCUT2D eigenvalue weighted by Crippen LogP contribution is -2.51. The Labute approximate surface area is 97.1 Å². The van der Waals surface area contributed by atoms with Crippen molar-refractivity contribution < 1.29 is 9.53 Å². The zero-order chi connectivity index (χ0) is 11.4. The number of carbonyl (C=O) groups is 1. The first-order valence-electron chi connectivity index (χ1n) is 6.38. The third kappa shape index (κ3) is 2.74. The van der Waals surface area contributed by atoms with Gasteiger partial charge >= 0.3 is 0 Å². The maximum Gasteiger partial charge on any atom is 0.237 e. The Kier molecular flexibility index (Phi) is 4.18. The highest BCUT2D eigenvalue weighted by Crippen LogP contribution is 2.21. The minimum absolute atomic E-state index is 0.0202. The first kappa shape index (κ1) is 11.9. The van der Waals surface area contributed by atoms with Crippen molar-refractivity contribution in [3.63, 3.8) is 0 Å². The molecule has 0 spiro atoms. The van der Waals surface area contributed by atoms with E-state index < -0.39 is 0 Å². The highest BCUT2D eigenvalue weighted by molar-refractivity contribution is 5.82. The highest BCUT2D eigenvalue weighted by atomic mass is 16.5. The van der Waals surface area contributed by atoms with E-state index in [4.69, 9.17) is 4.74 Å². The van der Waals surface area contributed by atoms with E-state index in [0.29, 0.717) is 0 Å². The summed E-state index contributed by atoms with van der Waals surface area (Å²) in [4.78, 5) is 12.0. The molecule has 1 saturated carbocycles. The van der Waals surface area contributed by atoms with Gasteiger partial charge in [0.15, 0.2) is 0 Å². The average molecular weight is 226 g/mol. The van der Waals surface area contributed by atoms with Crippen LogP contribution in [0.3, 0.4) is 0 Å². The molecule has 4 nitrogen and oxygen atoms in total. The summed E-state index contributed by atoms with van der Waals surface area (Å²) >= 11 is 0. The number of ether oxygens (including phenoxy) is 1. The molecule has 0 aromatic heterocycles. The van der Waals surface area contributed by atoms with Gasteiger partial charge in [-0.1, -0.05) is 6.42 Å². The van der Waals surface area contributed by atoms with Gasteiger partial charge in [0.25, 0.3) is 0 Å². The third-order valence-corrected chi connectivity index (χ3v) is 3.71. The molecule has 1 amide bonds. The van der Waals surface area contributed by atoms with E-state index >= 15 is 0 Å². The quantitative estimate of drug-likeness (QED) is 0.749. The van der Waals surface area contributed by atoms with Gasteiger partial charge in [0.05, 0.1) is 18.2 Å². The lowest BCUT2D eigenvalue weighted by Gasteiger charge is -2.26. The van der Waals surface area contributed by atoms with Gasteiger partial charge in [0.1, 0.15) is 0 Å². The molecule has 0 bridgehead atoms. The van der Waals surface area contributed by atoms with Crippen LogP contribution in [0.1, 0.15) is 38.5 Å². The average Bonchev–Trinajstić information content (AvgIpc) is 2.77. The minimum Gasteiger partial charge on any atom is -0.379 e. The van der Waals surface area contributed by atoms with E-state index in [1.54, 1.807) is 7.11 Å². The van der Waals surface area contributed by atoms with Crippen molar-refractivity contribution in [3.8, 4) is 0 Å². The maximum absolute atomic E-state index is 12.0. The number of piperidine rings is 1. The van der Waals surface area contributed by atoms with Crippen LogP contribution in [-0.4, -0.2) is 37.7 Å². The molecule has 4 heteroatoms. The number of hydrogen-bond acceptors (Lipinski definition) is 3. The Morgan fingerprint density at radius 2 is 2.12 bits per heavy atom. The lowest BCUT2D eigenvalue weighted by molar-refractivity contribution is -0.125.